The molecule has 0 fully saturated rings. The van der Waals surface area contributed by atoms with Gasteiger partial charge < -0.3 is 21.3 Å². The zero-order chi connectivity index (χ0) is 53.9. The van der Waals surface area contributed by atoms with Crippen LogP contribution in [0.5, 0.6) is 0 Å². The van der Waals surface area contributed by atoms with Crippen molar-refractivity contribution in [1.82, 2.24) is 59.1 Å². The van der Waals surface area contributed by atoms with Gasteiger partial charge in [0.25, 0.3) is 11.2 Å². The number of fused-ring (bicyclic) bond motifs is 2. The SMILES string of the molecule is Fc1ccccc1Cc1nc(-c2ncc(F)c(Cl)n2)cn2ncnc12.NCC(O)(C(F)(F)F)C(F)(F)F.OC(CNc1nc(-c2cn3ncnc3c(Cc3ccccc3F)n2)ncc1F)(C(F)(F)F)C(F)(F)F. The first-order valence-electron chi connectivity index (χ1n) is 19.7. The van der Waals surface area contributed by atoms with Crippen molar-refractivity contribution in [3.05, 3.63) is 137 Å². The standard InChI is InChI=1S/C20H13F8N7O.C16H9ClF2N6.C4H5F6NO/c21-11-4-2-1-3-10(11)5-13-17-31-9-32-35(17)7-14(33-13)16-29-6-12(22)15(34-16)30-8-18(36,19(23,24)25)20(26,27)28;17-14-11(19)6-20-15(24-14)13-7-25-16(21-8-22-25)12(23-13)5-9-3-1-2-4-10(9)18;5-3(6,7)2(12,1-11)4(8,9)10/h1-4,6-7,9,36H,5,8H2,(H,29,30,34);1-4,6-8H,5H2;12H,1,11H2. The van der Waals surface area contributed by atoms with Crippen LogP contribution in [0.4, 0.5) is 76.1 Å². The van der Waals surface area contributed by atoms with Gasteiger partial charge in [-0.3, -0.25) is 0 Å². The fourth-order valence-corrected chi connectivity index (χ4v) is 6.06. The summed E-state index contributed by atoms with van der Waals surface area (Å²) in [5.41, 5.74) is -3.50. The van der Waals surface area contributed by atoms with Crippen molar-refractivity contribution >= 4 is 28.7 Å². The van der Waals surface area contributed by atoms with Crippen LogP contribution in [0, 0.1) is 23.3 Å². The summed E-state index contributed by atoms with van der Waals surface area (Å²) < 4.78 is 205. The molecule has 2 aromatic carbocycles. The Bertz CT molecular complexity index is 3190. The highest BCUT2D eigenvalue weighted by atomic mass is 35.5. The number of aromatic nitrogens is 12. The molecule has 73 heavy (non-hydrogen) atoms. The van der Waals surface area contributed by atoms with E-state index in [0.29, 0.717) is 28.8 Å². The summed E-state index contributed by atoms with van der Waals surface area (Å²) in [4.78, 5) is 32.0. The van der Waals surface area contributed by atoms with Crippen LogP contribution in [-0.4, -0.2) is 118 Å². The molecule has 33 heteroatoms. The molecular formula is C40H27ClF16N14O2. The number of nitrogens with two attached hydrogens (primary N) is 1. The van der Waals surface area contributed by atoms with Crippen LogP contribution in [0.1, 0.15) is 22.5 Å². The molecule has 6 heterocycles. The smallest absolute Gasteiger partial charge is 0.373 e. The number of rotatable bonds is 10. The topological polar surface area (TPSA) is 216 Å². The number of aliphatic hydroxyl groups is 2. The molecule has 0 saturated carbocycles. The Kier molecular flexibility index (Phi) is 15.7. The van der Waals surface area contributed by atoms with Gasteiger partial charge in [-0.25, -0.2) is 66.5 Å². The second-order valence-corrected chi connectivity index (χ2v) is 15.1. The van der Waals surface area contributed by atoms with Crippen LogP contribution in [0.2, 0.25) is 5.15 Å². The van der Waals surface area contributed by atoms with Crippen molar-refractivity contribution in [1.29, 1.82) is 0 Å². The quantitative estimate of drug-likeness (QED) is 0.0766. The van der Waals surface area contributed by atoms with Gasteiger partial charge in [0.1, 0.15) is 35.7 Å². The van der Waals surface area contributed by atoms with Gasteiger partial charge in [0.15, 0.2) is 45.5 Å². The molecule has 0 atom stereocenters. The minimum absolute atomic E-state index is 0.0702. The molecule has 0 saturated heterocycles. The largest absolute Gasteiger partial charge is 0.428 e. The predicted molar refractivity (Wildman–Crippen MR) is 219 cm³/mol. The minimum Gasteiger partial charge on any atom is -0.373 e. The first-order valence-corrected chi connectivity index (χ1v) is 20.1. The number of anilines is 1. The second-order valence-electron chi connectivity index (χ2n) is 14.7. The van der Waals surface area contributed by atoms with Gasteiger partial charge in [0.2, 0.25) is 0 Å². The Balaban J connectivity index is 0.000000203. The molecule has 0 aliphatic carbocycles. The number of nitrogens with zero attached hydrogens (tertiary/aromatic N) is 12. The molecule has 8 rings (SSSR count). The van der Waals surface area contributed by atoms with E-state index in [9.17, 15) is 75.4 Å². The summed E-state index contributed by atoms with van der Waals surface area (Å²) in [5.74, 6) is -4.31. The lowest BCUT2D eigenvalue weighted by Gasteiger charge is -2.32. The highest BCUT2D eigenvalue weighted by molar-refractivity contribution is 6.29. The molecule has 0 aliphatic heterocycles. The Morgan fingerprint density at radius 1 is 0.534 bits per heavy atom. The average molecular weight is 1080 g/mol. The number of hydrogen-bond donors (Lipinski definition) is 4. The number of benzene rings is 2. The van der Waals surface area contributed by atoms with Gasteiger partial charge in [-0.2, -0.15) is 62.9 Å². The summed E-state index contributed by atoms with van der Waals surface area (Å²) in [6.45, 7) is -4.12. The molecule has 0 amide bonds. The Hall–Kier alpha value is -7.45. The molecule has 5 N–H and O–H groups in total. The van der Waals surface area contributed by atoms with Crippen LogP contribution in [0.25, 0.3) is 34.3 Å². The maximum Gasteiger partial charge on any atom is 0.428 e. The molecule has 16 nitrogen and oxygen atoms in total. The summed E-state index contributed by atoms with van der Waals surface area (Å²) >= 11 is 5.71. The normalized spacial score (nSPS) is 12.6. The first kappa shape index (κ1) is 54.9. The summed E-state index contributed by atoms with van der Waals surface area (Å²) in [6.07, 6.45) is -16.9. The van der Waals surface area contributed by atoms with E-state index in [2.05, 4.69) is 55.8 Å². The monoisotopic (exact) mass is 1070 g/mol. The maximum absolute atomic E-state index is 14.1. The predicted octanol–water partition coefficient (Wildman–Crippen LogP) is 7.62. The van der Waals surface area contributed by atoms with Crippen LogP contribution in [-0.2, 0) is 12.8 Å². The summed E-state index contributed by atoms with van der Waals surface area (Å²) in [7, 11) is 0. The Morgan fingerprint density at radius 2 is 0.945 bits per heavy atom. The lowest BCUT2D eigenvalue weighted by atomic mass is 10.0. The number of halogens is 17. The molecular weight excluding hydrogens is 1050 g/mol. The molecule has 0 bridgehead atoms. The van der Waals surface area contributed by atoms with Crippen molar-refractivity contribution in [2.24, 2.45) is 5.73 Å². The van der Waals surface area contributed by atoms with Gasteiger partial charge in [-0.1, -0.05) is 48.0 Å². The number of hydrogen-bond acceptors (Lipinski definition) is 14. The highest BCUT2D eigenvalue weighted by Crippen LogP contribution is 2.44. The van der Waals surface area contributed by atoms with E-state index in [1.54, 1.807) is 35.8 Å². The third-order valence-electron chi connectivity index (χ3n) is 9.88. The fraction of sp³-hybridized carbons (Fsp3) is 0.250. The van der Waals surface area contributed by atoms with Crippen LogP contribution >= 0.6 is 11.6 Å². The molecule has 0 aliphatic rings. The Labute approximate surface area is 400 Å². The van der Waals surface area contributed by atoms with E-state index in [-0.39, 0.29) is 52.2 Å². The zero-order valence-electron chi connectivity index (χ0n) is 35.7. The summed E-state index contributed by atoms with van der Waals surface area (Å²) in [6, 6.07) is 12.2. The third-order valence-corrected chi connectivity index (χ3v) is 10.1. The van der Waals surface area contributed by atoms with E-state index in [1.165, 1.54) is 52.1 Å². The average Bonchev–Trinajstić information content (AvgIpc) is 4.00. The van der Waals surface area contributed by atoms with Gasteiger partial charge in [-0.05, 0) is 23.3 Å². The highest BCUT2D eigenvalue weighted by Gasteiger charge is 2.71. The minimum atomic E-state index is -6.12. The molecule has 6 aromatic heterocycles. The van der Waals surface area contributed by atoms with E-state index < -0.39 is 78.1 Å². The summed E-state index contributed by atoms with van der Waals surface area (Å²) in [5, 5.41) is 26.6. The maximum atomic E-state index is 14.1. The van der Waals surface area contributed by atoms with Crippen LogP contribution in [0.3, 0.4) is 0 Å². The third kappa shape index (κ3) is 11.9. The lowest BCUT2D eigenvalue weighted by Crippen LogP contribution is -2.61. The van der Waals surface area contributed by atoms with Gasteiger partial charge in [0, 0.05) is 19.4 Å². The van der Waals surface area contributed by atoms with Gasteiger partial charge in [-0.15, -0.1) is 0 Å². The Morgan fingerprint density at radius 3 is 1.33 bits per heavy atom. The van der Waals surface area contributed by atoms with E-state index in [0.717, 1.165) is 6.20 Å². The zero-order valence-corrected chi connectivity index (χ0v) is 36.4. The molecule has 388 valence electrons. The van der Waals surface area contributed by atoms with Crippen LogP contribution in [0.15, 0.2) is 86.0 Å². The first-order chi connectivity index (χ1) is 34.0. The van der Waals surface area contributed by atoms with Crippen molar-refractivity contribution in [2.45, 2.75) is 48.7 Å². The van der Waals surface area contributed by atoms with E-state index in [4.69, 9.17) is 16.7 Å². The van der Waals surface area contributed by atoms with Crippen molar-refractivity contribution in [3.8, 4) is 23.0 Å². The molecule has 0 unspecified atom stereocenters. The van der Waals surface area contributed by atoms with Crippen LogP contribution < -0.4 is 11.1 Å². The molecule has 0 spiro atoms. The number of nitrogens with one attached hydrogen (secondary N) is 1. The van der Waals surface area contributed by atoms with E-state index in [1.807, 2.05) is 0 Å². The van der Waals surface area contributed by atoms with Gasteiger partial charge in [0.05, 0.1) is 42.7 Å². The second kappa shape index (κ2) is 21.0. The molecule has 0 radical (unpaired) electrons. The van der Waals surface area contributed by atoms with Crippen molar-refractivity contribution in [3.63, 3.8) is 0 Å². The fourth-order valence-electron chi connectivity index (χ4n) is 5.93. The molecule has 8 aromatic rings. The van der Waals surface area contributed by atoms with Crippen molar-refractivity contribution in [2.75, 3.05) is 18.4 Å². The van der Waals surface area contributed by atoms with Crippen molar-refractivity contribution < 1.29 is 80.5 Å². The number of alkyl halides is 12. The van der Waals surface area contributed by atoms with Gasteiger partial charge >= 0.3 is 24.7 Å². The van der Waals surface area contributed by atoms with E-state index >= 15 is 0 Å². The lowest BCUT2D eigenvalue weighted by molar-refractivity contribution is -0.363.